The van der Waals surface area contributed by atoms with Crippen molar-refractivity contribution in [2.75, 3.05) is 0 Å². The van der Waals surface area contributed by atoms with Crippen LogP contribution in [0.5, 0.6) is 0 Å². The van der Waals surface area contributed by atoms with Crippen molar-refractivity contribution in [1.29, 1.82) is 0 Å². The molecule has 0 radical (unpaired) electrons. The molecule has 1 rings (SSSR count). The summed E-state index contributed by atoms with van der Waals surface area (Å²) in [4.78, 5) is 0. The summed E-state index contributed by atoms with van der Waals surface area (Å²) in [6, 6.07) is 5.19. The fourth-order valence-electron chi connectivity index (χ4n) is 1.60. The molecule has 0 amide bonds. The van der Waals surface area contributed by atoms with E-state index < -0.39 is 12.1 Å². The molecular weight excluding hydrogens is 178 g/mol. The van der Waals surface area contributed by atoms with Crippen molar-refractivity contribution >= 4 is 0 Å². The number of rotatable bonds is 3. The van der Waals surface area contributed by atoms with E-state index in [1.165, 1.54) is 0 Å². The molecule has 0 aliphatic rings. The molecule has 1 aromatic rings. The van der Waals surface area contributed by atoms with Crippen LogP contribution in [-0.2, 0) is 6.61 Å². The van der Waals surface area contributed by atoms with Gasteiger partial charge in [0.15, 0.2) is 0 Å². The van der Waals surface area contributed by atoms with E-state index in [1.54, 1.807) is 6.92 Å². The predicted molar refractivity (Wildman–Crippen MR) is 55.7 cm³/mol. The van der Waals surface area contributed by atoms with Crippen LogP contribution in [0.15, 0.2) is 18.2 Å². The van der Waals surface area contributed by atoms with E-state index >= 15 is 0 Å². The highest BCUT2D eigenvalue weighted by molar-refractivity contribution is 5.37. The summed E-state index contributed by atoms with van der Waals surface area (Å²) in [6.07, 6.45) is -0.610. The number of hydrogen-bond donors (Lipinski definition) is 3. The van der Waals surface area contributed by atoms with E-state index in [9.17, 15) is 5.11 Å². The van der Waals surface area contributed by atoms with Gasteiger partial charge in [-0.25, -0.2) is 0 Å². The molecule has 1 aromatic carbocycles. The summed E-state index contributed by atoms with van der Waals surface area (Å²) in [5.74, 6) is 0. The lowest BCUT2D eigenvalue weighted by Gasteiger charge is -2.20. The van der Waals surface area contributed by atoms with Crippen molar-refractivity contribution in [2.45, 2.75) is 32.6 Å². The highest BCUT2D eigenvalue weighted by Gasteiger charge is 2.17. The first-order chi connectivity index (χ1) is 6.57. The molecule has 2 atom stereocenters. The van der Waals surface area contributed by atoms with Crippen molar-refractivity contribution < 1.29 is 10.2 Å². The Morgan fingerprint density at radius 1 is 1.43 bits per heavy atom. The number of nitrogens with two attached hydrogens (primary N) is 1. The first kappa shape index (κ1) is 11.2. The number of aliphatic hydroxyl groups excluding tert-OH is 2. The fraction of sp³-hybridized carbons (Fsp3) is 0.455. The van der Waals surface area contributed by atoms with Crippen LogP contribution in [0.1, 0.15) is 29.7 Å². The normalized spacial score (nSPS) is 15.2. The molecular formula is C11H17NO2. The number of aryl methyl sites for hydroxylation is 1. The monoisotopic (exact) mass is 195 g/mol. The SMILES string of the molecule is Cc1cccc(CO)c1C(N)C(C)O. The van der Waals surface area contributed by atoms with E-state index in [4.69, 9.17) is 10.8 Å². The van der Waals surface area contributed by atoms with E-state index in [0.717, 1.165) is 16.7 Å². The van der Waals surface area contributed by atoms with E-state index in [2.05, 4.69) is 0 Å². The van der Waals surface area contributed by atoms with Gasteiger partial charge in [0.25, 0.3) is 0 Å². The van der Waals surface area contributed by atoms with Gasteiger partial charge < -0.3 is 15.9 Å². The molecule has 0 saturated heterocycles. The molecule has 14 heavy (non-hydrogen) atoms. The molecule has 0 aliphatic heterocycles. The van der Waals surface area contributed by atoms with Crippen molar-refractivity contribution in [3.05, 3.63) is 34.9 Å². The van der Waals surface area contributed by atoms with Gasteiger partial charge in [0.05, 0.1) is 18.8 Å². The molecule has 0 bridgehead atoms. The van der Waals surface area contributed by atoms with Gasteiger partial charge in [-0.15, -0.1) is 0 Å². The van der Waals surface area contributed by atoms with Gasteiger partial charge in [0.1, 0.15) is 0 Å². The minimum Gasteiger partial charge on any atom is -0.392 e. The van der Waals surface area contributed by atoms with Gasteiger partial charge >= 0.3 is 0 Å². The third-order valence-electron chi connectivity index (χ3n) is 2.44. The number of benzene rings is 1. The predicted octanol–water partition coefficient (Wildman–Crippen LogP) is 0.868. The third-order valence-corrected chi connectivity index (χ3v) is 2.44. The maximum atomic E-state index is 9.41. The summed E-state index contributed by atoms with van der Waals surface area (Å²) < 4.78 is 0. The van der Waals surface area contributed by atoms with Crippen LogP contribution in [0, 0.1) is 6.92 Å². The second-order valence-electron chi connectivity index (χ2n) is 3.57. The Morgan fingerprint density at radius 3 is 2.57 bits per heavy atom. The molecule has 78 valence electrons. The van der Waals surface area contributed by atoms with Crippen LogP contribution < -0.4 is 5.73 Å². The molecule has 0 aliphatic carbocycles. The minimum atomic E-state index is -0.610. The Labute approximate surface area is 84.2 Å². The third kappa shape index (κ3) is 2.12. The van der Waals surface area contributed by atoms with Crippen molar-refractivity contribution in [3.63, 3.8) is 0 Å². The summed E-state index contributed by atoms with van der Waals surface area (Å²) in [7, 11) is 0. The standard InChI is InChI=1S/C11H17NO2/c1-7-4-3-5-9(6-13)10(7)11(12)8(2)14/h3-5,8,11,13-14H,6,12H2,1-2H3. The zero-order valence-corrected chi connectivity index (χ0v) is 8.57. The van der Waals surface area contributed by atoms with Gasteiger partial charge in [0, 0.05) is 0 Å². The summed E-state index contributed by atoms with van der Waals surface area (Å²) >= 11 is 0. The lowest BCUT2D eigenvalue weighted by molar-refractivity contribution is 0.162. The first-order valence-electron chi connectivity index (χ1n) is 4.70. The van der Waals surface area contributed by atoms with Crippen LogP contribution in [-0.4, -0.2) is 16.3 Å². The molecule has 0 saturated carbocycles. The van der Waals surface area contributed by atoms with Gasteiger partial charge in [-0.3, -0.25) is 0 Å². The highest BCUT2D eigenvalue weighted by Crippen LogP contribution is 2.23. The number of hydrogen-bond acceptors (Lipinski definition) is 3. The highest BCUT2D eigenvalue weighted by atomic mass is 16.3. The minimum absolute atomic E-state index is 0.0442. The second-order valence-corrected chi connectivity index (χ2v) is 3.57. The largest absolute Gasteiger partial charge is 0.392 e. The number of aliphatic hydroxyl groups is 2. The van der Waals surface area contributed by atoms with Gasteiger partial charge in [-0.1, -0.05) is 18.2 Å². The summed E-state index contributed by atoms with van der Waals surface area (Å²) in [5.41, 5.74) is 8.50. The van der Waals surface area contributed by atoms with Crippen LogP contribution in [0.2, 0.25) is 0 Å². The van der Waals surface area contributed by atoms with Crippen LogP contribution in [0.4, 0.5) is 0 Å². The molecule has 0 aromatic heterocycles. The molecule has 3 heteroatoms. The quantitative estimate of drug-likeness (QED) is 0.670. The van der Waals surface area contributed by atoms with E-state index in [0.29, 0.717) is 0 Å². The first-order valence-corrected chi connectivity index (χ1v) is 4.70. The maximum Gasteiger partial charge on any atom is 0.0704 e. The zero-order chi connectivity index (χ0) is 10.7. The Kier molecular flexibility index (Phi) is 3.63. The Bertz CT molecular complexity index is 310. The molecule has 0 heterocycles. The fourth-order valence-corrected chi connectivity index (χ4v) is 1.60. The molecule has 2 unspecified atom stereocenters. The topological polar surface area (TPSA) is 66.5 Å². The maximum absolute atomic E-state index is 9.41. The van der Waals surface area contributed by atoms with Crippen molar-refractivity contribution in [2.24, 2.45) is 5.73 Å². The van der Waals surface area contributed by atoms with Crippen LogP contribution >= 0.6 is 0 Å². The van der Waals surface area contributed by atoms with Gasteiger partial charge in [0.2, 0.25) is 0 Å². The molecule has 0 fully saturated rings. The Morgan fingerprint density at radius 2 is 2.07 bits per heavy atom. The summed E-state index contributed by atoms with van der Waals surface area (Å²) in [6.45, 7) is 3.53. The zero-order valence-electron chi connectivity index (χ0n) is 8.57. The van der Waals surface area contributed by atoms with Crippen molar-refractivity contribution in [1.82, 2.24) is 0 Å². The Balaban J connectivity index is 3.16. The van der Waals surface area contributed by atoms with Crippen molar-refractivity contribution in [3.8, 4) is 0 Å². The smallest absolute Gasteiger partial charge is 0.0704 e. The lowest BCUT2D eigenvalue weighted by atomic mass is 9.93. The second kappa shape index (κ2) is 4.55. The average molecular weight is 195 g/mol. The van der Waals surface area contributed by atoms with E-state index in [1.807, 2.05) is 25.1 Å². The van der Waals surface area contributed by atoms with Crippen LogP contribution in [0.25, 0.3) is 0 Å². The molecule has 3 nitrogen and oxygen atoms in total. The van der Waals surface area contributed by atoms with Gasteiger partial charge in [-0.2, -0.15) is 0 Å². The average Bonchev–Trinajstić information content (AvgIpc) is 2.16. The summed E-state index contributed by atoms with van der Waals surface area (Å²) in [5, 5.41) is 18.5. The van der Waals surface area contributed by atoms with Gasteiger partial charge in [-0.05, 0) is 30.5 Å². The molecule has 4 N–H and O–H groups in total. The molecule has 0 spiro atoms. The van der Waals surface area contributed by atoms with Crippen LogP contribution in [0.3, 0.4) is 0 Å². The Hall–Kier alpha value is -0.900. The lowest BCUT2D eigenvalue weighted by Crippen LogP contribution is -2.25. The van der Waals surface area contributed by atoms with E-state index in [-0.39, 0.29) is 6.61 Å².